The van der Waals surface area contributed by atoms with Crippen LogP contribution in [-0.2, 0) is 4.74 Å². The number of aryl methyl sites for hydroxylation is 1. The Bertz CT molecular complexity index is 342. The Hall–Kier alpha value is -1.53. The number of benzene rings is 1. The zero-order valence-electron chi connectivity index (χ0n) is 10.5. The molecule has 0 bridgehead atoms. The molecule has 1 aromatic carbocycles. The summed E-state index contributed by atoms with van der Waals surface area (Å²) in [5, 5.41) is 12.0. The third-order valence-electron chi connectivity index (χ3n) is 1.92. The maximum absolute atomic E-state index is 8.84. The van der Waals surface area contributed by atoms with Gasteiger partial charge in [-0.3, -0.25) is 0 Å². The van der Waals surface area contributed by atoms with Crippen molar-refractivity contribution in [2.24, 2.45) is 0 Å². The molecule has 0 heterocycles. The van der Waals surface area contributed by atoms with E-state index < -0.39 is 0 Å². The quantitative estimate of drug-likeness (QED) is 0.793. The van der Waals surface area contributed by atoms with E-state index in [0.29, 0.717) is 18.7 Å². The summed E-state index contributed by atoms with van der Waals surface area (Å²) >= 11 is 0. The predicted octanol–water partition coefficient (Wildman–Crippen LogP) is 2.95. The van der Waals surface area contributed by atoms with E-state index in [2.05, 4.69) is 11.4 Å². The van der Waals surface area contributed by atoms with Crippen molar-refractivity contribution in [3.05, 3.63) is 29.3 Å². The van der Waals surface area contributed by atoms with Crippen LogP contribution in [0.25, 0.3) is 0 Å². The fraction of sp³-hybridized carbons (Fsp3) is 0.462. The van der Waals surface area contributed by atoms with Crippen molar-refractivity contribution in [3.8, 4) is 6.07 Å². The van der Waals surface area contributed by atoms with Crippen LogP contribution in [0.3, 0.4) is 0 Å². The summed E-state index contributed by atoms with van der Waals surface area (Å²) < 4.78 is 4.92. The van der Waals surface area contributed by atoms with Crippen LogP contribution < -0.4 is 5.32 Å². The van der Waals surface area contributed by atoms with Crippen molar-refractivity contribution in [1.82, 2.24) is 0 Å². The fourth-order valence-electron chi connectivity index (χ4n) is 1.19. The van der Waals surface area contributed by atoms with E-state index >= 15 is 0 Å². The highest BCUT2D eigenvalue weighted by molar-refractivity contribution is 5.58. The Labute approximate surface area is 98.0 Å². The Morgan fingerprint density at radius 3 is 2.62 bits per heavy atom. The lowest BCUT2D eigenvalue weighted by atomic mass is 10.1. The molecule has 0 saturated carbocycles. The number of hydrogen-bond donors (Lipinski definition) is 1. The lowest BCUT2D eigenvalue weighted by Crippen LogP contribution is -2.08. The van der Waals surface area contributed by atoms with Gasteiger partial charge in [-0.15, -0.1) is 0 Å². The van der Waals surface area contributed by atoms with Gasteiger partial charge in [-0.1, -0.05) is 19.9 Å². The van der Waals surface area contributed by atoms with E-state index in [1.807, 2.05) is 39.0 Å². The third kappa shape index (κ3) is 4.81. The Kier molecular flexibility index (Phi) is 7.92. The lowest BCUT2D eigenvalue weighted by Gasteiger charge is -2.08. The molecule has 0 radical (unpaired) electrons. The summed E-state index contributed by atoms with van der Waals surface area (Å²) in [5.41, 5.74) is 2.69. The standard InChI is InChI=1S/C11H14N2O.C2H6/c1-9-3-4-10(8-12)11(7-9)13-5-6-14-2;1-2/h3-4,7,13H,5-6H2,1-2H3;1-2H3. The van der Waals surface area contributed by atoms with Crippen LogP contribution in [0.4, 0.5) is 5.69 Å². The number of nitriles is 1. The van der Waals surface area contributed by atoms with Gasteiger partial charge in [0.05, 0.1) is 17.9 Å². The summed E-state index contributed by atoms with van der Waals surface area (Å²) in [6.07, 6.45) is 0. The molecule has 1 N–H and O–H groups in total. The molecule has 3 heteroatoms. The second-order valence-corrected chi connectivity index (χ2v) is 3.08. The molecule has 0 aliphatic heterocycles. The minimum absolute atomic E-state index is 0.638. The van der Waals surface area contributed by atoms with Crippen LogP contribution in [0.2, 0.25) is 0 Å². The highest BCUT2D eigenvalue weighted by atomic mass is 16.5. The number of ether oxygens (including phenoxy) is 1. The Morgan fingerprint density at radius 1 is 1.38 bits per heavy atom. The smallest absolute Gasteiger partial charge is 0.101 e. The van der Waals surface area contributed by atoms with Gasteiger partial charge in [0.25, 0.3) is 0 Å². The number of anilines is 1. The monoisotopic (exact) mass is 220 g/mol. The van der Waals surface area contributed by atoms with Crippen LogP contribution in [0.15, 0.2) is 18.2 Å². The molecular formula is C13H20N2O. The van der Waals surface area contributed by atoms with Crippen molar-refractivity contribution in [2.75, 3.05) is 25.6 Å². The second kappa shape index (κ2) is 8.75. The van der Waals surface area contributed by atoms with Crippen LogP contribution in [-0.4, -0.2) is 20.3 Å². The lowest BCUT2D eigenvalue weighted by molar-refractivity contribution is 0.211. The first-order valence-electron chi connectivity index (χ1n) is 5.51. The van der Waals surface area contributed by atoms with E-state index in [9.17, 15) is 0 Å². The van der Waals surface area contributed by atoms with Gasteiger partial charge in [0.2, 0.25) is 0 Å². The SMILES string of the molecule is CC.COCCNc1cc(C)ccc1C#N. The Balaban J connectivity index is 0.00000106. The third-order valence-corrected chi connectivity index (χ3v) is 1.92. The maximum Gasteiger partial charge on any atom is 0.101 e. The van der Waals surface area contributed by atoms with Crippen molar-refractivity contribution in [2.45, 2.75) is 20.8 Å². The van der Waals surface area contributed by atoms with Gasteiger partial charge in [0, 0.05) is 13.7 Å². The summed E-state index contributed by atoms with van der Waals surface area (Å²) in [4.78, 5) is 0. The first kappa shape index (κ1) is 14.5. The molecule has 0 aromatic heterocycles. The van der Waals surface area contributed by atoms with E-state index in [0.717, 1.165) is 11.3 Å². The Morgan fingerprint density at radius 2 is 2.06 bits per heavy atom. The molecule has 16 heavy (non-hydrogen) atoms. The number of nitrogens with zero attached hydrogens (tertiary/aromatic N) is 1. The topological polar surface area (TPSA) is 45.0 Å². The molecule has 0 amide bonds. The van der Waals surface area contributed by atoms with Gasteiger partial charge in [-0.05, 0) is 24.6 Å². The van der Waals surface area contributed by atoms with E-state index in [1.165, 1.54) is 0 Å². The maximum atomic E-state index is 8.84. The summed E-state index contributed by atoms with van der Waals surface area (Å²) in [7, 11) is 1.66. The highest BCUT2D eigenvalue weighted by Gasteiger charge is 2.00. The molecular weight excluding hydrogens is 200 g/mol. The summed E-state index contributed by atoms with van der Waals surface area (Å²) in [5.74, 6) is 0. The molecule has 0 atom stereocenters. The van der Waals surface area contributed by atoms with Crippen LogP contribution in [0, 0.1) is 18.3 Å². The first-order valence-corrected chi connectivity index (χ1v) is 5.51. The summed E-state index contributed by atoms with van der Waals surface area (Å²) in [6.45, 7) is 7.36. The normalized spacial score (nSPS) is 8.69. The minimum atomic E-state index is 0.638. The van der Waals surface area contributed by atoms with E-state index in [-0.39, 0.29) is 0 Å². The number of hydrogen-bond acceptors (Lipinski definition) is 3. The van der Waals surface area contributed by atoms with Crippen molar-refractivity contribution in [1.29, 1.82) is 5.26 Å². The van der Waals surface area contributed by atoms with Gasteiger partial charge < -0.3 is 10.1 Å². The average molecular weight is 220 g/mol. The predicted molar refractivity (Wildman–Crippen MR) is 67.6 cm³/mol. The number of methoxy groups -OCH3 is 1. The highest BCUT2D eigenvalue weighted by Crippen LogP contribution is 2.15. The molecule has 1 aromatic rings. The van der Waals surface area contributed by atoms with Gasteiger partial charge in [-0.25, -0.2) is 0 Å². The van der Waals surface area contributed by atoms with Crippen molar-refractivity contribution in [3.63, 3.8) is 0 Å². The van der Waals surface area contributed by atoms with Crippen molar-refractivity contribution >= 4 is 5.69 Å². The number of rotatable bonds is 4. The van der Waals surface area contributed by atoms with E-state index in [4.69, 9.17) is 10.00 Å². The van der Waals surface area contributed by atoms with Crippen LogP contribution >= 0.6 is 0 Å². The molecule has 0 saturated heterocycles. The molecule has 3 nitrogen and oxygen atoms in total. The van der Waals surface area contributed by atoms with Crippen LogP contribution in [0.1, 0.15) is 25.0 Å². The molecule has 0 unspecified atom stereocenters. The van der Waals surface area contributed by atoms with Gasteiger partial charge in [0.15, 0.2) is 0 Å². The molecule has 1 rings (SSSR count). The fourth-order valence-corrected chi connectivity index (χ4v) is 1.19. The van der Waals surface area contributed by atoms with Crippen LogP contribution in [0.5, 0.6) is 0 Å². The molecule has 0 aliphatic rings. The molecule has 0 fully saturated rings. The minimum Gasteiger partial charge on any atom is -0.383 e. The largest absolute Gasteiger partial charge is 0.383 e. The zero-order chi connectivity index (χ0) is 12.4. The van der Waals surface area contributed by atoms with Gasteiger partial charge >= 0.3 is 0 Å². The second-order valence-electron chi connectivity index (χ2n) is 3.08. The average Bonchev–Trinajstić information content (AvgIpc) is 2.32. The summed E-state index contributed by atoms with van der Waals surface area (Å²) in [6, 6.07) is 7.87. The van der Waals surface area contributed by atoms with E-state index in [1.54, 1.807) is 7.11 Å². The molecule has 0 aliphatic carbocycles. The molecule has 88 valence electrons. The molecule has 0 spiro atoms. The van der Waals surface area contributed by atoms with Gasteiger partial charge in [-0.2, -0.15) is 5.26 Å². The van der Waals surface area contributed by atoms with Crippen molar-refractivity contribution < 1.29 is 4.74 Å². The van der Waals surface area contributed by atoms with Gasteiger partial charge in [0.1, 0.15) is 6.07 Å². The number of nitrogens with one attached hydrogen (secondary N) is 1. The zero-order valence-corrected chi connectivity index (χ0v) is 10.5. The first-order chi connectivity index (χ1) is 7.77.